The van der Waals surface area contributed by atoms with Crippen molar-refractivity contribution in [1.82, 2.24) is 0 Å². The number of ether oxygens (including phenoxy) is 1. The number of hydrogen-bond acceptors (Lipinski definition) is 2. The van der Waals surface area contributed by atoms with Gasteiger partial charge in [0.1, 0.15) is 5.75 Å². The lowest BCUT2D eigenvalue weighted by atomic mass is 9.78. The minimum atomic E-state index is -0.333. The first kappa shape index (κ1) is 20.0. The Kier molecular flexibility index (Phi) is 5.46. The maximum Gasteiger partial charge on any atom is 0.343 e. The summed E-state index contributed by atoms with van der Waals surface area (Å²) >= 11 is 0. The van der Waals surface area contributed by atoms with Crippen molar-refractivity contribution in [3.63, 3.8) is 0 Å². The first-order valence-corrected chi connectivity index (χ1v) is 9.04. The van der Waals surface area contributed by atoms with Crippen LogP contribution in [0.3, 0.4) is 0 Å². The zero-order valence-corrected chi connectivity index (χ0v) is 17.1. The zero-order valence-electron chi connectivity index (χ0n) is 17.1. The molecule has 0 saturated carbocycles. The Balaban J connectivity index is 2.55. The monoisotopic (exact) mass is 350 g/mol. The van der Waals surface area contributed by atoms with Crippen LogP contribution in [-0.2, 0) is 10.8 Å². The molecule has 0 radical (unpaired) electrons. The molecule has 2 nitrogen and oxygen atoms in total. The fourth-order valence-corrected chi connectivity index (χ4v) is 2.90. The van der Waals surface area contributed by atoms with Crippen LogP contribution in [0.4, 0.5) is 0 Å². The van der Waals surface area contributed by atoms with Gasteiger partial charge in [0, 0.05) is 11.1 Å². The molecule has 26 heavy (non-hydrogen) atoms. The molecule has 0 aliphatic rings. The van der Waals surface area contributed by atoms with E-state index in [1.807, 2.05) is 12.1 Å². The van der Waals surface area contributed by atoms with Crippen LogP contribution in [0.1, 0.15) is 74.2 Å². The summed E-state index contributed by atoms with van der Waals surface area (Å²) in [6.07, 6.45) is 1.75. The largest absolute Gasteiger partial charge is 0.422 e. The lowest BCUT2D eigenvalue weighted by molar-refractivity contribution is 0.0728. The molecule has 2 heteroatoms. The van der Waals surface area contributed by atoms with Crippen LogP contribution in [0.25, 0.3) is 6.08 Å². The molecular weight excluding hydrogens is 320 g/mol. The molecule has 2 rings (SSSR count). The highest BCUT2D eigenvalue weighted by Crippen LogP contribution is 2.41. The molecule has 0 unspecified atom stereocenters. The number of carbonyl (C=O) groups excluding carboxylic acids is 1. The molecule has 2 aromatic rings. The first-order chi connectivity index (χ1) is 11.9. The van der Waals surface area contributed by atoms with Crippen LogP contribution in [0.2, 0.25) is 0 Å². The van der Waals surface area contributed by atoms with E-state index in [-0.39, 0.29) is 16.8 Å². The molecule has 0 aliphatic heterocycles. The maximum atomic E-state index is 12.8. The van der Waals surface area contributed by atoms with Gasteiger partial charge in [-0.25, -0.2) is 4.79 Å². The second kappa shape index (κ2) is 7.11. The van der Waals surface area contributed by atoms with Gasteiger partial charge in [-0.3, -0.25) is 0 Å². The smallest absolute Gasteiger partial charge is 0.343 e. The summed E-state index contributed by atoms with van der Waals surface area (Å²) in [4.78, 5) is 12.8. The number of benzene rings is 2. The average molecular weight is 351 g/mol. The van der Waals surface area contributed by atoms with Crippen molar-refractivity contribution in [2.24, 2.45) is 0 Å². The van der Waals surface area contributed by atoms with Gasteiger partial charge in [-0.1, -0.05) is 84.0 Å². The SMILES string of the molecule is C=Cc1ccc(C(=O)Oc2c(C(C)(C)C)cc(C)cc2C(C)(C)C)cc1. The maximum absolute atomic E-state index is 12.8. The summed E-state index contributed by atoms with van der Waals surface area (Å²) in [5, 5.41) is 0. The van der Waals surface area contributed by atoms with Crippen molar-refractivity contribution < 1.29 is 9.53 Å². The van der Waals surface area contributed by atoms with Gasteiger partial charge < -0.3 is 4.74 Å². The van der Waals surface area contributed by atoms with Gasteiger partial charge in [-0.05, 0) is 35.4 Å². The van der Waals surface area contributed by atoms with Gasteiger partial charge in [-0.15, -0.1) is 0 Å². The van der Waals surface area contributed by atoms with E-state index >= 15 is 0 Å². The third-order valence-corrected chi connectivity index (χ3v) is 4.43. The van der Waals surface area contributed by atoms with Crippen LogP contribution in [-0.4, -0.2) is 5.97 Å². The van der Waals surface area contributed by atoms with Gasteiger partial charge in [0.25, 0.3) is 0 Å². The normalized spacial score (nSPS) is 12.0. The zero-order chi connectivity index (χ0) is 19.7. The molecule has 0 spiro atoms. The fraction of sp³-hybridized carbons (Fsp3) is 0.375. The molecule has 0 saturated heterocycles. The Morgan fingerprint density at radius 2 is 1.38 bits per heavy atom. The Bertz CT molecular complexity index is 778. The van der Waals surface area contributed by atoms with Crippen LogP contribution in [0.5, 0.6) is 5.75 Å². The number of carbonyl (C=O) groups is 1. The van der Waals surface area contributed by atoms with Crippen molar-refractivity contribution >= 4 is 12.0 Å². The summed E-state index contributed by atoms with van der Waals surface area (Å²) in [5.74, 6) is 0.355. The van der Waals surface area contributed by atoms with E-state index in [1.54, 1.807) is 18.2 Å². The van der Waals surface area contributed by atoms with E-state index in [4.69, 9.17) is 4.74 Å². The molecule has 0 amide bonds. The molecule has 0 fully saturated rings. The number of esters is 1. The van der Waals surface area contributed by atoms with Gasteiger partial charge in [0.05, 0.1) is 5.56 Å². The van der Waals surface area contributed by atoms with E-state index in [2.05, 4.69) is 67.2 Å². The Hall–Kier alpha value is -2.35. The molecule has 2 aromatic carbocycles. The van der Waals surface area contributed by atoms with E-state index < -0.39 is 0 Å². The summed E-state index contributed by atoms with van der Waals surface area (Å²) < 4.78 is 5.98. The topological polar surface area (TPSA) is 26.3 Å². The molecule has 0 N–H and O–H groups in total. The summed E-state index contributed by atoms with van der Waals surface area (Å²) in [6, 6.07) is 11.5. The first-order valence-electron chi connectivity index (χ1n) is 9.04. The quantitative estimate of drug-likeness (QED) is 0.469. The van der Waals surface area contributed by atoms with Crippen LogP contribution < -0.4 is 4.74 Å². The van der Waals surface area contributed by atoms with Gasteiger partial charge in [0.15, 0.2) is 0 Å². The van der Waals surface area contributed by atoms with E-state index in [9.17, 15) is 4.79 Å². The van der Waals surface area contributed by atoms with Crippen molar-refractivity contribution in [2.45, 2.75) is 59.3 Å². The third kappa shape index (κ3) is 4.43. The van der Waals surface area contributed by atoms with Crippen LogP contribution in [0.15, 0.2) is 43.0 Å². The van der Waals surface area contributed by atoms with Gasteiger partial charge in [-0.2, -0.15) is 0 Å². The highest BCUT2D eigenvalue weighted by molar-refractivity contribution is 5.91. The van der Waals surface area contributed by atoms with E-state index in [1.165, 1.54) is 5.56 Å². The average Bonchev–Trinajstić information content (AvgIpc) is 2.54. The minimum absolute atomic E-state index is 0.131. The van der Waals surface area contributed by atoms with Gasteiger partial charge >= 0.3 is 5.97 Å². The van der Waals surface area contributed by atoms with Crippen molar-refractivity contribution in [1.29, 1.82) is 0 Å². The minimum Gasteiger partial charge on any atom is -0.422 e. The fourth-order valence-electron chi connectivity index (χ4n) is 2.90. The molecular formula is C24H30O2. The van der Waals surface area contributed by atoms with Crippen molar-refractivity contribution in [3.05, 3.63) is 70.8 Å². The van der Waals surface area contributed by atoms with Crippen molar-refractivity contribution in [3.8, 4) is 5.75 Å². The summed E-state index contributed by atoms with van der Waals surface area (Å²) in [7, 11) is 0. The number of rotatable bonds is 3. The molecule has 0 aliphatic carbocycles. The predicted molar refractivity (Wildman–Crippen MR) is 110 cm³/mol. The third-order valence-electron chi connectivity index (χ3n) is 4.43. The van der Waals surface area contributed by atoms with Crippen LogP contribution in [0, 0.1) is 6.92 Å². The number of hydrogen-bond donors (Lipinski definition) is 0. The molecule has 0 atom stereocenters. The van der Waals surface area contributed by atoms with Crippen LogP contribution >= 0.6 is 0 Å². The summed E-state index contributed by atoms with van der Waals surface area (Å²) in [5.41, 5.74) is 4.54. The standard InChI is InChI=1S/C24H30O2/c1-9-17-10-12-18(13-11-17)22(25)26-21-19(23(3,4)5)14-16(2)15-20(21)24(6,7)8/h9-15H,1H2,2-8H3. The number of aryl methyl sites for hydroxylation is 1. The van der Waals surface area contributed by atoms with E-state index in [0.717, 1.165) is 16.7 Å². The Morgan fingerprint density at radius 1 is 0.923 bits per heavy atom. The van der Waals surface area contributed by atoms with Gasteiger partial charge in [0.2, 0.25) is 0 Å². The molecule has 0 heterocycles. The lowest BCUT2D eigenvalue weighted by Crippen LogP contribution is -2.22. The second-order valence-corrected chi connectivity index (χ2v) is 8.90. The molecule has 0 aromatic heterocycles. The molecule has 138 valence electrons. The molecule has 0 bridgehead atoms. The predicted octanol–water partition coefficient (Wildman–Crippen LogP) is 6.45. The highest BCUT2D eigenvalue weighted by atomic mass is 16.5. The lowest BCUT2D eigenvalue weighted by Gasteiger charge is -2.29. The second-order valence-electron chi connectivity index (χ2n) is 8.90. The van der Waals surface area contributed by atoms with E-state index in [0.29, 0.717) is 11.3 Å². The van der Waals surface area contributed by atoms with Crippen molar-refractivity contribution in [2.75, 3.05) is 0 Å². The summed E-state index contributed by atoms with van der Waals surface area (Å²) in [6.45, 7) is 18.7. The Labute approximate surface area is 157 Å². The Morgan fingerprint density at radius 3 is 1.77 bits per heavy atom. The highest BCUT2D eigenvalue weighted by Gasteiger charge is 2.29.